The maximum atomic E-state index is 12.3. The second kappa shape index (κ2) is 8.09. The highest BCUT2D eigenvalue weighted by Crippen LogP contribution is 2.41. The molecule has 5 heteroatoms. The van der Waals surface area contributed by atoms with Gasteiger partial charge in [-0.3, -0.25) is 4.79 Å². The number of hydrogen-bond donors (Lipinski definition) is 1. The molecule has 1 N–H and O–H groups in total. The quantitative estimate of drug-likeness (QED) is 0.569. The maximum absolute atomic E-state index is 12.3. The molecule has 0 aliphatic heterocycles. The Morgan fingerprint density at radius 2 is 2.16 bits per heavy atom. The van der Waals surface area contributed by atoms with Crippen molar-refractivity contribution in [1.82, 2.24) is 4.98 Å². The Kier molecular flexibility index (Phi) is 5.62. The molecule has 1 aromatic heterocycles. The lowest BCUT2D eigenvalue weighted by atomic mass is 10.1. The Hall–Kier alpha value is -2.45. The molecule has 1 saturated carbocycles. The third-order valence-corrected chi connectivity index (χ3v) is 5.18. The van der Waals surface area contributed by atoms with Gasteiger partial charge in [-0.25, -0.2) is 4.98 Å². The monoisotopic (exact) mass is 351 g/mol. The third kappa shape index (κ3) is 4.77. The minimum atomic E-state index is -0.398. The number of aryl methyl sites for hydroxylation is 1. The van der Waals surface area contributed by atoms with Gasteiger partial charge in [0.1, 0.15) is 11.6 Å². The predicted octanol–water partition coefficient (Wildman–Crippen LogP) is 4.91. The molecule has 0 saturated heterocycles. The molecule has 0 bridgehead atoms. The topological polar surface area (TPSA) is 65.8 Å². The van der Waals surface area contributed by atoms with Crippen molar-refractivity contribution in [3.63, 3.8) is 0 Å². The van der Waals surface area contributed by atoms with Crippen LogP contribution < -0.4 is 5.32 Å². The van der Waals surface area contributed by atoms with Crippen LogP contribution in [-0.2, 0) is 11.2 Å². The largest absolute Gasteiger partial charge is 0.321 e. The molecule has 1 heterocycles. The van der Waals surface area contributed by atoms with E-state index in [9.17, 15) is 10.1 Å². The summed E-state index contributed by atoms with van der Waals surface area (Å²) < 4.78 is 0. The van der Waals surface area contributed by atoms with Gasteiger partial charge in [0.05, 0.1) is 10.7 Å². The number of hydrogen-bond acceptors (Lipinski definition) is 4. The Morgan fingerprint density at radius 1 is 1.40 bits per heavy atom. The first-order valence-corrected chi connectivity index (χ1v) is 9.55. The highest BCUT2D eigenvalue weighted by molar-refractivity contribution is 7.09. The van der Waals surface area contributed by atoms with Crippen LogP contribution in [0, 0.1) is 11.3 Å². The molecule has 1 aliphatic rings. The molecule has 25 heavy (non-hydrogen) atoms. The van der Waals surface area contributed by atoms with Gasteiger partial charge in [-0.15, -0.1) is 11.3 Å². The van der Waals surface area contributed by atoms with E-state index in [0.29, 0.717) is 17.3 Å². The summed E-state index contributed by atoms with van der Waals surface area (Å²) in [7, 11) is 0. The summed E-state index contributed by atoms with van der Waals surface area (Å²) in [5, 5.41) is 15.1. The number of nitriles is 1. The van der Waals surface area contributed by atoms with Gasteiger partial charge < -0.3 is 5.32 Å². The summed E-state index contributed by atoms with van der Waals surface area (Å²) in [5.41, 5.74) is 2.71. The first kappa shape index (κ1) is 17.4. The lowest BCUT2D eigenvalue weighted by molar-refractivity contribution is -0.112. The standard InChI is InChI=1S/C20H21N3OS/c1-2-3-4-14-5-9-17(10-6-14)22-19(24)16(12-21)11-18-13-25-20(23-18)15-7-8-15/h5-6,9-11,13,15H,2-4,7-8H2,1H3,(H,22,24). The van der Waals surface area contributed by atoms with Gasteiger partial charge in [0, 0.05) is 17.0 Å². The molecule has 3 rings (SSSR count). The van der Waals surface area contributed by atoms with E-state index in [0.717, 1.165) is 24.3 Å². The van der Waals surface area contributed by atoms with Gasteiger partial charge in [-0.2, -0.15) is 5.26 Å². The van der Waals surface area contributed by atoms with Gasteiger partial charge in [-0.05, 0) is 49.5 Å². The van der Waals surface area contributed by atoms with Crippen molar-refractivity contribution in [3.05, 3.63) is 51.5 Å². The molecule has 1 aromatic carbocycles. The number of carbonyl (C=O) groups excluding carboxylic acids is 1. The summed E-state index contributed by atoms with van der Waals surface area (Å²) >= 11 is 1.60. The lowest BCUT2D eigenvalue weighted by Crippen LogP contribution is -2.13. The van der Waals surface area contributed by atoms with Crippen molar-refractivity contribution in [1.29, 1.82) is 5.26 Å². The van der Waals surface area contributed by atoms with E-state index in [2.05, 4.69) is 17.2 Å². The smallest absolute Gasteiger partial charge is 0.266 e. The number of nitrogens with zero attached hydrogens (tertiary/aromatic N) is 2. The van der Waals surface area contributed by atoms with Crippen LogP contribution in [0.2, 0.25) is 0 Å². The van der Waals surface area contributed by atoms with E-state index in [1.54, 1.807) is 17.4 Å². The molecule has 0 spiro atoms. The van der Waals surface area contributed by atoms with Crippen LogP contribution in [-0.4, -0.2) is 10.9 Å². The molecule has 128 valence electrons. The number of aromatic nitrogens is 1. The number of carbonyl (C=O) groups is 1. The van der Waals surface area contributed by atoms with Gasteiger partial charge in [-0.1, -0.05) is 25.5 Å². The van der Waals surface area contributed by atoms with Gasteiger partial charge in [0.2, 0.25) is 0 Å². The van der Waals surface area contributed by atoms with E-state index in [1.807, 2.05) is 35.7 Å². The summed E-state index contributed by atoms with van der Waals surface area (Å²) in [5.74, 6) is 0.183. The number of benzene rings is 1. The van der Waals surface area contributed by atoms with Crippen molar-refractivity contribution in [3.8, 4) is 6.07 Å². The van der Waals surface area contributed by atoms with Crippen molar-refractivity contribution >= 4 is 29.0 Å². The number of nitrogens with one attached hydrogen (secondary N) is 1. The second-order valence-corrected chi connectivity index (χ2v) is 7.20. The minimum Gasteiger partial charge on any atom is -0.321 e. The van der Waals surface area contributed by atoms with Crippen molar-refractivity contribution in [2.75, 3.05) is 5.32 Å². The van der Waals surface area contributed by atoms with Crippen LogP contribution in [0.3, 0.4) is 0 Å². The Balaban J connectivity index is 1.65. The van der Waals surface area contributed by atoms with Crippen LogP contribution in [0.5, 0.6) is 0 Å². The molecule has 1 amide bonds. The number of amides is 1. The fraction of sp³-hybridized carbons (Fsp3) is 0.350. The SMILES string of the molecule is CCCCc1ccc(NC(=O)C(C#N)=Cc2csc(C3CC3)n2)cc1. The summed E-state index contributed by atoms with van der Waals surface area (Å²) in [6.45, 7) is 2.17. The van der Waals surface area contributed by atoms with Gasteiger partial charge >= 0.3 is 0 Å². The number of unbranched alkanes of at least 4 members (excludes halogenated alkanes) is 1. The zero-order valence-electron chi connectivity index (χ0n) is 14.3. The van der Waals surface area contributed by atoms with E-state index in [-0.39, 0.29) is 5.57 Å². The fourth-order valence-electron chi connectivity index (χ4n) is 2.52. The molecule has 0 radical (unpaired) electrons. The zero-order valence-corrected chi connectivity index (χ0v) is 15.1. The van der Waals surface area contributed by atoms with Crippen molar-refractivity contribution in [2.24, 2.45) is 0 Å². The molecular weight excluding hydrogens is 330 g/mol. The van der Waals surface area contributed by atoms with Gasteiger partial charge in [0.25, 0.3) is 5.91 Å². The minimum absolute atomic E-state index is 0.0720. The first-order valence-electron chi connectivity index (χ1n) is 8.67. The van der Waals surface area contributed by atoms with E-state index in [4.69, 9.17) is 0 Å². The van der Waals surface area contributed by atoms with Crippen molar-refractivity contribution < 1.29 is 4.79 Å². The maximum Gasteiger partial charge on any atom is 0.266 e. The predicted molar refractivity (Wildman–Crippen MR) is 101 cm³/mol. The fourth-order valence-corrected chi connectivity index (χ4v) is 3.46. The van der Waals surface area contributed by atoms with Crippen LogP contribution >= 0.6 is 11.3 Å². The lowest BCUT2D eigenvalue weighted by Gasteiger charge is -2.05. The van der Waals surface area contributed by atoms with E-state index in [1.165, 1.54) is 18.4 Å². The Morgan fingerprint density at radius 3 is 2.80 bits per heavy atom. The number of anilines is 1. The summed E-state index contributed by atoms with van der Waals surface area (Å²) in [4.78, 5) is 16.8. The zero-order chi connectivity index (χ0) is 17.6. The van der Waals surface area contributed by atoms with Crippen molar-refractivity contribution in [2.45, 2.75) is 44.9 Å². The van der Waals surface area contributed by atoms with Gasteiger partial charge in [0.15, 0.2) is 0 Å². The molecule has 2 aromatic rings. The highest BCUT2D eigenvalue weighted by Gasteiger charge is 2.26. The summed E-state index contributed by atoms with van der Waals surface area (Å²) in [6.07, 6.45) is 7.30. The van der Waals surface area contributed by atoms with Crippen LogP contribution in [0.1, 0.15) is 54.8 Å². The van der Waals surface area contributed by atoms with Crippen LogP contribution in [0.4, 0.5) is 5.69 Å². The Labute approximate surface area is 152 Å². The number of rotatable bonds is 7. The first-order chi connectivity index (χ1) is 12.2. The average molecular weight is 351 g/mol. The molecule has 1 aliphatic carbocycles. The molecular formula is C20H21N3OS. The molecule has 4 nitrogen and oxygen atoms in total. The molecule has 0 unspecified atom stereocenters. The molecule has 0 atom stereocenters. The highest BCUT2D eigenvalue weighted by atomic mass is 32.1. The van der Waals surface area contributed by atoms with E-state index >= 15 is 0 Å². The average Bonchev–Trinajstić information content (AvgIpc) is 3.38. The number of thiazole rings is 1. The summed E-state index contributed by atoms with van der Waals surface area (Å²) in [6, 6.07) is 9.77. The third-order valence-electron chi connectivity index (χ3n) is 4.15. The van der Waals surface area contributed by atoms with E-state index < -0.39 is 5.91 Å². The second-order valence-electron chi connectivity index (χ2n) is 6.31. The normalized spacial score (nSPS) is 14.2. The Bertz CT molecular complexity index is 810. The van der Waals surface area contributed by atoms with Crippen LogP contribution in [0.25, 0.3) is 6.08 Å². The van der Waals surface area contributed by atoms with Crippen LogP contribution in [0.15, 0.2) is 35.2 Å². The molecule has 1 fully saturated rings.